The molecule has 0 fully saturated rings. The van der Waals surface area contributed by atoms with Crippen molar-refractivity contribution < 1.29 is 18.7 Å². The lowest BCUT2D eigenvalue weighted by Gasteiger charge is -2.22. The second-order valence-electron chi connectivity index (χ2n) is 4.16. The third-order valence-electron chi connectivity index (χ3n) is 2.89. The molecule has 20 heavy (non-hydrogen) atoms. The van der Waals surface area contributed by atoms with Gasteiger partial charge in [0.1, 0.15) is 17.4 Å². The first kappa shape index (κ1) is 14.0. The maximum atomic E-state index is 13.8. The Labute approximate surface area is 115 Å². The number of nitrogens with zero attached hydrogens (tertiary/aromatic N) is 1. The van der Waals surface area contributed by atoms with Crippen LogP contribution in [0.5, 0.6) is 5.75 Å². The molecule has 0 aliphatic rings. The summed E-state index contributed by atoms with van der Waals surface area (Å²) in [6.45, 7) is 1.90. The van der Waals surface area contributed by atoms with Gasteiger partial charge in [-0.05, 0) is 31.2 Å². The lowest BCUT2D eigenvalue weighted by molar-refractivity contribution is 0.0985. The number of rotatable bonds is 3. The van der Waals surface area contributed by atoms with E-state index in [4.69, 9.17) is 0 Å². The van der Waals surface area contributed by atoms with Crippen molar-refractivity contribution in [2.45, 2.75) is 6.92 Å². The summed E-state index contributed by atoms with van der Waals surface area (Å²) in [6, 6.07) is 8.94. The minimum absolute atomic E-state index is 0.0727. The standard InChI is InChI=1S/C15H13F2NO2/c1-2-18(13-6-4-3-5-12(13)17)15(20)11-8-7-10(16)9-14(11)19/h3-9,19H,2H2,1H3. The molecule has 5 heteroatoms. The van der Waals surface area contributed by atoms with Crippen LogP contribution in [0.2, 0.25) is 0 Å². The summed E-state index contributed by atoms with van der Waals surface area (Å²) < 4.78 is 26.7. The molecule has 1 amide bonds. The summed E-state index contributed by atoms with van der Waals surface area (Å²) in [5.74, 6) is -2.24. The van der Waals surface area contributed by atoms with Crippen molar-refractivity contribution in [2.24, 2.45) is 0 Å². The molecule has 104 valence electrons. The third-order valence-corrected chi connectivity index (χ3v) is 2.89. The first-order valence-corrected chi connectivity index (χ1v) is 6.09. The van der Waals surface area contributed by atoms with Gasteiger partial charge in [-0.15, -0.1) is 0 Å². The predicted molar refractivity (Wildman–Crippen MR) is 71.8 cm³/mol. The highest BCUT2D eigenvalue weighted by Crippen LogP contribution is 2.25. The molecule has 0 heterocycles. The second-order valence-corrected chi connectivity index (χ2v) is 4.16. The van der Waals surface area contributed by atoms with Crippen molar-refractivity contribution in [1.82, 2.24) is 0 Å². The average molecular weight is 277 g/mol. The van der Waals surface area contributed by atoms with Gasteiger partial charge in [-0.25, -0.2) is 8.78 Å². The number of hydrogen-bond donors (Lipinski definition) is 1. The molecule has 0 saturated heterocycles. The molecule has 3 nitrogen and oxygen atoms in total. The number of aromatic hydroxyl groups is 1. The number of carbonyl (C=O) groups is 1. The zero-order valence-corrected chi connectivity index (χ0v) is 10.8. The number of phenolic OH excluding ortho intramolecular Hbond substituents is 1. The molecule has 0 saturated carbocycles. The van der Waals surface area contributed by atoms with Gasteiger partial charge < -0.3 is 10.0 Å². The SMILES string of the molecule is CCN(C(=O)c1ccc(F)cc1O)c1ccccc1F. The van der Waals surface area contributed by atoms with Crippen molar-refractivity contribution in [3.8, 4) is 5.75 Å². The van der Waals surface area contributed by atoms with E-state index in [9.17, 15) is 18.7 Å². The summed E-state index contributed by atoms with van der Waals surface area (Å²) in [5, 5.41) is 9.64. The molecule has 0 spiro atoms. The Morgan fingerprint density at radius 2 is 1.90 bits per heavy atom. The molecule has 1 N–H and O–H groups in total. The summed E-state index contributed by atoms with van der Waals surface area (Å²) >= 11 is 0. The molecule has 0 unspecified atom stereocenters. The van der Waals surface area contributed by atoms with Crippen LogP contribution >= 0.6 is 0 Å². The zero-order valence-electron chi connectivity index (χ0n) is 10.8. The monoisotopic (exact) mass is 277 g/mol. The molecule has 0 bridgehead atoms. The van der Waals surface area contributed by atoms with Crippen LogP contribution in [0.1, 0.15) is 17.3 Å². The third kappa shape index (κ3) is 2.61. The Bertz CT molecular complexity index is 644. The summed E-state index contributed by atoms with van der Waals surface area (Å²) in [5.41, 5.74) is 0.0419. The topological polar surface area (TPSA) is 40.5 Å². The minimum Gasteiger partial charge on any atom is -0.507 e. The number of amides is 1. The highest BCUT2D eigenvalue weighted by molar-refractivity contribution is 6.07. The second kappa shape index (κ2) is 5.69. The Morgan fingerprint density at radius 1 is 1.20 bits per heavy atom. The number of halogens is 2. The van der Waals surface area contributed by atoms with E-state index in [0.717, 1.165) is 12.1 Å². The molecule has 0 aliphatic carbocycles. The van der Waals surface area contributed by atoms with E-state index >= 15 is 0 Å². The summed E-state index contributed by atoms with van der Waals surface area (Å²) in [4.78, 5) is 13.5. The molecular weight excluding hydrogens is 264 g/mol. The fraction of sp³-hybridized carbons (Fsp3) is 0.133. The molecule has 2 aromatic rings. The Morgan fingerprint density at radius 3 is 2.50 bits per heavy atom. The Kier molecular flexibility index (Phi) is 3.98. The van der Waals surface area contributed by atoms with Crippen molar-refractivity contribution in [1.29, 1.82) is 0 Å². The summed E-state index contributed by atoms with van der Waals surface area (Å²) in [7, 11) is 0. The Hall–Kier alpha value is -2.43. The first-order chi connectivity index (χ1) is 9.54. The smallest absolute Gasteiger partial charge is 0.262 e. The van der Waals surface area contributed by atoms with E-state index < -0.39 is 23.3 Å². The van der Waals surface area contributed by atoms with Gasteiger partial charge in [-0.1, -0.05) is 12.1 Å². The van der Waals surface area contributed by atoms with Crippen molar-refractivity contribution in [2.75, 3.05) is 11.4 Å². The zero-order chi connectivity index (χ0) is 14.7. The number of benzene rings is 2. The number of phenols is 1. The van der Waals surface area contributed by atoms with Gasteiger partial charge in [0, 0.05) is 12.6 Å². The van der Waals surface area contributed by atoms with Gasteiger partial charge in [0.25, 0.3) is 5.91 Å². The van der Waals surface area contributed by atoms with Crippen LogP contribution in [-0.2, 0) is 0 Å². The quantitative estimate of drug-likeness (QED) is 0.934. The van der Waals surface area contributed by atoms with Gasteiger partial charge in [0.05, 0.1) is 11.3 Å². The first-order valence-electron chi connectivity index (χ1n) is 6.09. The van der Waals surface area contributed by atoms with E-state index in [1.54, 1.807) is 13.0 Å². The van der Waals surface area contributed by atoms with E-state index in [1.165, 1.54) is 29.2 Å². The molecule has 0 aromatic heterocycles. The normalized spacial score (nSPS) is 10.3. The van der Waals surface area contributed by atoms with Gasteiger partial charge >= 0.3 is 0 Å². The van der Waals surface area contributed by atoms with Crippen molar-refractivity contribution in [3.63, 3.8) is 0 Å². The lowest BCUT2D eigenvalue weighted by atomic mass is 10.1. The van der Waals surface area contributed by atoms with E-state index in [0.29, 0.717) is 0 Å². The van der Waals surface area contributed by atoms with Crippen LogP contribution < -0.4 is 4.90 Å². The maximum absolute atomic E-state index is 13.8. The molecule has 0 atom stereocenters. The van der Waals surface area contributed by atoms with Crippen LogP contribution in [0.25, 0.3) is 0 Å². The molecule has 0 aliphatic heterocycles. The lowest BCUT2D eigenvalue weighted by Crippen LogP contribution is -2.31. The maximum Gasteiger partial charge on any atom is 0.262 e. The molecule has 0 radical (unpaired) electrons. The van der Waals surface area contributed by atoms with Crippen LogP contribution in [0.4, 0.5) is 14.5 Å². The molecular formula is C15H13F2NO2. The van der Waals surface area contributed by atoms with Crippen LogP contribution in [0.15, 0.2) is 42.5 Å². The predicted octanol–water partition coefficient (Wildman–Crippen LogP) is 3.34. The van der Waals surface area contributed by atoms with Gasteiger partial charge in [-0.3, -0.25) is 4.79 Å². The van der Waals surface area contributed by atoms with Crippen LogP contribution in [0.3, 0.4) is 0 Å². The van der Waals surface area contributed by atoms with E-state index in [-0.39, 0.29) is 17.8 Å². The molecule has 2 rings (SSSR count). The minimum atomic E-state index is -0.645. The molecule has 2 aromatic carbocycles. The number of para-hydroxylation sites is 1. The average Bonchev–Trinajstić information content (AvgIpc) is 2.41. The van der Waals surface area contributed by atoms with Crippen molar-refractivity contribution >= 4 is 11.6 Å². The van der Waals surface area contributed by atoms with E-state index in [1.807, 2.05) is 0 Å². The highest BCUT2D eigenvalue weighted by Gasteiger charge is 2.21. The van der Waals surface area contributed by atoms with E-state index in [2.05, 4.69) is 0 Å². The fourth-order valence-corrected chi connectivity index (χ4v) is 1.93. The van der Waals surface area contributed by atoms with Gasteiger partial charge in [0.2, 0.25) is 0 Å². The van der Waals surface area contributed by atoms with Crippen LogP contribution in [0, 0.1) is 11.6 Å². The fourth-order valence-electron chi connectivity index (χ4n) is 1.93. The van der Waals surface area contributed by atoms with Crippen molar-refractivity contribution in [3.05, 3.63) is 59.7 Å². The van der Waals surface area contributed by atoms with Gasteiger partial charge in [0.15, 0.2) is 0 Å². The Balaban J connectivity index is 2.42. The van der Waals surface area contributed by atoms with Crippen LogP contribution in [-0.4, -0.2) is 17.6 Å². The highest BCUT2D eigenvalue weighted by atomic mass is 19.1. The number of anilines is 1. The van der Waals surface area contributed by atoms with Gasteiger partial charge in [-0.2, -0.15) is 0 Å². The number of hydrogen-bond acceptors (Lipinski definition) is 2. The number of carbonyl (C=O) groups excluding carboxylic acids is 1. The largest absolute Gasteiger partial charge is 0.507 e. The summed E-state index contributed by atoms with van der Waals surface area (Å²) in [6.07, 6.45) is 0.